The van der Waals surface area contributed by atoms with Crippen LogP contribution in [0.4, 0.5) is 8.78 Å². The molecule has 1 aromatic rings. The Balaban J connectivity index is 1.86. The summed E-state index contributed by atoms with van der Waals surface area (Å²) in [7, 11) is 2.13. The van der Waals surface area contributed by atoms with Crippen LogP contribution < -0.4 is 5.73 Å². The monoisotopic (exact) mass is 296 g/mol. The van der Waals surface area contributed by atoms with Gasteiger partial charge in [-0.05, 0) is 56.5 Å². The van der Waals surface area contributed by atoms with E-state index in [1.165, 1.54) is 37.8 Å². The van der Waals surface area contributed by atoms with Crippen molar-refractivity contribution in [2.24, 2.45) is 11.7 Å². The first-order chi connectivity index (χ1) is 9.95. The van der Waals surface area contributed by atoms with Gasteiger partial charge in [0.1, 0.15) is 11.6 Å². The highest BCUT2D eigenvalue weighted by Crippen LogP contribution is 2.27. The molecule has 0 bridgehead atoms. The van der Waals surface area contributed by atoms with Crippen molar-refractivity contribution in [2.45, 2.75) is 51.1 Å². The average molecular weight is 296 g/mol. The van der Waals surface area contributed by atoms with Crippen molar-refractivity contribution in [3.8, 4) is 0 Å². The molecule has 1 aromatic carbocycles. The smallest absolute Gasteiger partial charge is 0.126 e. The zero-order chi connectivity index (χ0) is 15.4. The number of benzene rings is 1. The third-order valence-electron chi connectivity index (χ3n) is 4.64. The lowest BCUT2D eigenvalue weighted by molar-refractivity contribution is 0.160. The van der Waals surface area contributed by atoms with Crippen LogP contribution in [0, 0.1) is 17.6 Å². The lowest BCUT2D eigenvalue weighted by Gasteiger charge is -2.34. The van der Waals surface area contributed by atoms with Crippen molar-refractivity contribution >= 4 is 0 Å². The van der Waals surface area contributed by atoms with Crippen LogP contribution >= 0.6 is 0 Å². The van der Waals surface area contributed by atoms with Gasteiger partial charge in [0, 0.05) is 18.2 Å². The van der Waals surface area contributed by atoms with E-state index in [2.05, 4.69) is 18.9 Å². The molecule has 0 spiro atoms. The molecule has 0 radical (unpaired) electrons. The van der Waals surface area contributed by atoms with Crippen LogP contribution in [0.25, 0.3) is 0 Å². The fourth-order valence-corrected chi connectivity index (χ4v) is 3.28. The number of nitrogens with two attached hydrogens (primary N) is 1. The fourth-order valence-electron chi connectivity index (χ4n) is 3.28. The van der Waals surface area contributed by atoms with Gasteiger partial charge in [-0.15, -0.1) is 0 Å². The predicted octanol–water partition coefficient (Wildman–Crippen LogP) is 3.87. The van der Waals surface area contributed by atoms with E-state index < -0.39 is 11.6 Å². The van der Waals surface area contributed by atoms with E-state index in [0.717, 1.165) is 18.5 Å². The summed E-state index contributed by atoms with van der Waals surface area (Å²) in [5.74, 6) is -0.331. The average Bonchev–Trinajstić information content (AvgIpc) is 2.43. The van der Waals surface area contributed by atoms with E-state index in [1.807, 2.05) is 0 Å². The van der Waals surface area contributed by atoms with Crippen LogP contribution in [0.1, 0.15) is 50.6 Å². The van der Waals surface area contributed by atoms with E-state index in [4.69, 9.17) is 5.73 Å². The van der Waals surface area contributed by atoms with Gasteiger partial charge in [-0.1, -0.05) is 19.8 Å². The number of nitrogens with zero attached hydrogens (tertiary/aromatic N) is 1. The summed E-state index contributed by atoms with van der Waals surface area (Å²) in [5.41, 5.74) is 6.62. The highest BCUT2D eigenvalue weighted by atomic mass is 19.1. The number of halogens is 2. The summed E-state index contributed by atoms with van der Waals surface area (Å²) >= 11 is 0. The maximum atomic E-state index is 13.2. The highest BCUT2D eigenvalue weighted by Gasteiger charge is 2.22. The molecule has 1 fully saturated rings. The summed E-state index contributed by atoms with van der Waals surface area (Å²) in [5, 5.41) is 0. The van der Waals surface area contributed by atoms with Gasteiger partial charge in [0.15, 0.2) is 0 Å². The molecule has 21 heavy (non-hydrogen) atoms. The Hall–Kier alpha value is -1.00. The van der Waals surface area contributed by atoms with Gasteiger partial charge < -0.3 is 10.6 Å². The minimum absolute atomic E-state index is 0.321. The predicted molar refractivity (Wildman–Crippen MR) is 82.0 cm³/mol. The Kier molecular flexibility index (Phi) is 5.71. The molecule has 0 aromatic heterocycles. The summed E-state index contributed by atoms with van der Waals surface area (Å²) in [6.07, 6.45) is 5.80. The van der Waals surface area contributed by atoms with Gasteiger partial charge in [0.05, 0.1) is 0 Å². The highest BCUT2D eigenvalue weighted by molar-refractivity contribution is 5.21. The molecule has 0 saturated heterocycles. The number of hydrogen-bond acceptors (Lipinski definition) is 2. The van der Waals surface area contributed by atoms with Crippen LogP contribution in [0.3, 0.4) is 0 Å². The second-order valence-corrected chi connectivity index (χ2v) is 6.50. The van der Waals surface area contributed by atoms with Crippen molar-refractivity contribution in [1.82, 2.24) is 4.90 Å². The van der Waals surface area contributed by atoms with Gasteiger partial charge in [0.2, 0.25) is 0 Å². The normalized spacial score (nSPS) is 24.3. The molecule has 2 N–H and O–H groups in total. The summed E-state index contributed by atoms with van der Waals surface area (Å²) in [4.78, 5) is 2.35. The maximum Gasteiger partial charge on any atom is 0.126 e. The van der Waals surface area contributed by atoms with Crippen molar-refractivity contribution in [1.29, 1.82) is 0 Å². The Labute approximate surface area is 126 Å². The standard InChI is InChI=1S/C17H26F2N2/c1-12-4-3-5-16(8-12)21(2)7-6-17(20)13-9-14(18)11-15(19)10-13/h9-12,16-17H,3-8,20H2,1-2H3. The summed E-state index contributed by atoms with van der Waals surface area (Å²) in [6.45, 7) is 3.16. The first-order valence-corrected chi connectivity index (χ1v) is 7.87. The first kappa shape index (κ1) is 16.4. The molecular formula is C17H26F2N2. The Bertz CT molecular complexity index is 444. The molecule has 1 saturated carbocycles. The molecule has 3 atom stereocenters. The number of hydrogen-bond donors (Lipinski definition) is 1. The van der Waals surface area contributed by atoms with Crippen LogP contribution in [0.15, 0.2) is 18.2 Å². The second kappa shape index (κ2) is 7.32. The minimum atomic E-state index is -0.560. The molecule has 2 nitrogen and oxygen atoms in total. The van der Waals surface area contributed by atoms with E-state index >= 15 is 0 Å². The summed E-state index contributed by atoms with van der Waals surface area (Å²) < 4.78 is 26.4. The fraction of sp³-hybridized carbons (Fsp3) is 0.647. The van der Waals surface area contributed by atoms with Crippen LogP contribution in [-0.4, -0.2) is 24.5 Å². The molecule has 2 rings (SSSR count). The largest absolute Gasteiger partial charge is 0.324 e. The van der Waals surface area contributed by atoms with Gasteiger partial charge in [0.25, 0.3) is 0 Å². The molecule has 4 heteroatoms. The van der Waals surface area contributed by atoms with Crippen molar-refractivity contribution in [2.75, 3.05) is 13.6 Å². The summed E-state index contributed by atoms with van der Waals surface area (Å²) in [6, 6.07) is 3.84. The van der Waals surface area contributed by atoms with Crippen LogP contribution in [-0.2, 0) is 0 Å². The molecule has 0 heterocycles. The minimum Gasteiger partial charge on any atom is -0.324 e. The van der Waals surface area contributed by atoms with E-state index in [9.17, 15) is 8.78 Å². The van der Waals surface area contributed by atoms with Crippen LogP contribution in [0.2, 0.25) is 0 Å². The molecule has 1 aliphatic rings. The first-order valence-electron chi connectivity index (χ1n) is 7.87. The Morgan fingerprint density at radius 3 is 2.52 bits per heavy atom. The molecule has 3 unspecified atom stereocenters. The van der Waals surface area contributed by atoms with Crippen molar-refractivity contribution in [3.63, 3.8) is 0 Å². The van der Waals surface area contributed by atoms with Crippen LogP contribution in [0.5, 0.6) is 0 Å². The SMILES string of the molecule is CC1CCCC(N(C)CCC(N)c2cc(F)cc(F)c2)C1. The lowest BCUT2D eigenvalue weighted by atomic mass is 9.86. The molecule has 0 aliphatic heterocycles. The Morgan fingerprint density at radius 1 is 1.24 bits per heavy atom. The van der Waals surface area contributed by atoms with E-state index in [-0.39, 0.29) is 6.04 Å². The quantitative estimate of drug-likeness (QED) is 0.894. The second-order valence-electron chi connectivity index (χ2n) is 6.50. The third kappa shape index (κ3) is 4.75. The van der Waals surface area contributed by atoms with E-state index in [1.54, 1.807) is 0 Å². The van der Waals surface area contributed by atoms with E-state index in [0.29, 0.717) is 18.0 Å². The zero-order valence-electron chi connectivity index (χ0n) is 13.0. The zero-order valence-corrected chi connectivity index (χ0v) is 13.0. The number of rotatable bonds is 5. The van der Waals surface area contributed by atoms with Gasteiger partial charge in [-0.3, -0.25) is 0 Å². The molecule has 0 amide bonds. The topological polar surface area (TPSA) is 29.3 Å². The lowest BCUT2D eigenvalue weighted by Crippen LogP contribution is -2.37. The van der Waals surface area contributed by atoms with Gasteiger partial charge in [-0.25, -0.2) is 8.78 Å². The molecular weight excluding hydrogens is 270 g/mol. The van der Waals surface area contributed by atoms with Gasteiger partial charge >= 0.3 is 0 Å². The molecule has 1 aliphatic carbocycles. The third-order valence-corrected chi connectivity index (χ3v) is 4.64. The molecule has 118 valence electrons. The Morgan fingerprint density at radius 2 is 1.90 bits per heavy atom. The van der Waals surface area contributed by atoms with Crippen molar-refractivity contribution < 1.29 is 8.78 Å². The van der Waals surface area contributed by atoms with Crippen molar-refractivity contribution in [3.05, 3.63) is 35.4 Å². The van der Waals surface area contributed by atoms with Gasteiger partial charge in [-0.2, -0.15) is 0 Å². The maximum absolute atomic E-state index is 13.2.